The van der Waals surface area contributed by atoms with Gasteiger partial charge in [-0.05, 0) is 30.5 Å². The number of carbonyl (C=O) groups is 2. The number of nitrogen functional groups attached to an aromatic ring is 1. The minimum absolute atomic E-state index is 0.269. The smallest absolute Gasteiger partial charge is 0.314 e. The number of aromatic nitrogens is 1. The van der Waals surface area contributed by atoms with Gasteiger partial charge in [0.1, 0.15) is 5.69 Å². The number of amides is 1. The number of aliphatic carboxylic acids is 1. The molecule has 2 aromatic rings. The van der Waals surface area contributed by atoms with Gasteiger partial charge >= 0.3 is 5.97 Å². The number of nitrogens with two attached hydrogens (primary N) is 1. The summed E-state index contributed by atoms with van der Waals surface area (Å²) < 4.78 is 0. The molecule has 0 spiro atoms. The molecule has 0 radical (unpaired) electrons. The first-order valence-corrected chi connectivity index (χ1v) is 7.25. The zero-order chi connectivity index (χ0) is 15.0. The molecule has 4 N–H and O–H groups in total. The fourth-order valence-corrected chi connectivity index (χ4v) is 2.75. The Morgan fingerprint density at radius 1 is 1.29 bits per heavy atom. The van der Waals surface area contributed by atoms with Crippen molar-refractivity contribution in [2.24, 2.45) is 0 Å². The van der Waals surface area contributed by atoms with Crippen molar-refractivity contribution in [3.63, 3.8) is 0 Å². The Bertz CT molecular complexity index is 705. The van der Waals surface area contributed by atoms with E-state index in [1.165, 1.54) is 11.3 Å². The topological polar surface area (TPSA) is 105 Å². The van der Waals surface area contributed by atoms with Gasteiger partial charge in [-0.15, -0.1) is 11.3 Å². The van der Waals surface area contributed by atoms with E-state index in [4.69, 9.17) is 5.73 Å². The van der Waals surface area contributed by atoms with Crippen LogP contribution in [0.3, 0.4) is 0 Å². The average Bonchev–Trinajstić information content (AvgIpc) is 3.16. The molecule has 3 rings (SSSR count). The summed E-state index contributed by atoms with van der Waals surface area (Å²) in [6.07, 6.45) is 1.32. The summed E-state index contributed by atoms with van der Waals surface area (Å²) in [6, 6.07) is 6.89. The van der Waals surface area contributed by atoms with Crippen LogP contribution in [0, 0.1) is 0 Å². The van der Waals surface area contributed by atoms with Crippen LogP contribution in [-0.4, -0.2) is 22.0 Å². The van der Waals surface area contributed by atoms with Crippen LogP contribution in [0.5, 0.6) is 0 Å². The van der Waals surface area contributed by atoms with Crippen LogP contribution in [0.15, 0.2) is 29.6 Å². The highest BCUT2D eigenvalue weighted by molar-refractivity contribution is 7.13. The second-order valence-corrected chi connectivity index (χ2v) is 5.88. The van der Waals surface area contributed by atoms with E-state index >= 15 is 0 Å². The molecule has 1 heterocycles. The monoisotopic (exact) mass is 303 g/mol. The molecule has 1 aromatic heterocycles. The molecular weight excluding hydrogens is 290 g/mol. The zero-order valence-electron chi connectivity index (χ0n) is 11.0. The maximum atomic E-state index is 11.9. The number of thiazole rings is 1. The lowest BCUT2D eigenvalue weighted by atomic mass is 9.96. The lowest BCUT2D eigenvalue weighted by molar-refractivity contribution is -0.140. The van der Waals surface area contributed by atoms with E-state index in [9.17, 15) is 14.7 Å². The number of anilines is 2. The zero-order valence-corrected chi connectivity index (χ0v) is 11.8. The van der Waals surface area contributed by atoms with Crippen molar-refractivity contribution in [3.05, 3.63) is 40.9 Å². The van der Waals surface area contributed by atoms with Crippen LogP contribution in [0.4, 0.5) is 10.8 Å². The van der Waals surface area contributed by atoms with Crippen molar-refractivity contribution in [1.29, 1.82) is 0 Å². The number of hydrogen-bond donors (Lipinski definition) is 3. The van der Waals surface area contributed by atoms with E-state index in [1.54, 1.807) is 29.6 Å². The molecular formula is C14H13N3O3S. The van der Waals surface area contributed by atoms with Gasteiger partial charge in [0.2, 0.25) is 0 Å². The number of rotatable bonds is 4. The van der Waals surface area contributed by atoms with E-state index in [2.05, 4.69) is 10.3 Å². The molecule has 1 saturated carbocycles. The SMILES string of the molecule is Nc1nc(C(=O)Nc2ccc(C3(C(=O)O)CC3)cc2)cs1. The van der Waals surface area contributed by atoms with Gasteiger partial charge in [0.15, 0.2) is 5.13 Å². The largest absolute Gasteiger partial charge is 0.481 e. The van der Waals surface area contributed by atoms with Crippen LogP contribution in [0.25, 0.3) is 0 Å². The van der Waals surface area contributed by atoms with E-state index in [0.29, 0.717) is 23.7 Å². The second kappa shape index (κ2) is 4.85. The first-order valence-electron chi connectivity index (χ1n) is 6.37. The molecule has 0 unspecified atom stereocenters. The molecule has 1 fully saturated rings. The molecule has 0 bridgehead atoms. The Labute approximate surface area is 124 Å². The summed E-state index contributed by atoms with van der Waals surface area (Å²) in [5, 5.41) is 13.9. The third-order valence-corrected chi connectivity index (χ3v) is 4.28. The predicted molar refractivity (Wildman–Crippen MR) is 79.5 cm³/mol. The molecule has 1 aliphatic rings. The van der Waals surface area contributed by atoms with Gasteiger partial charge in [0.05, 0.1) is 5.41 Å². The summed E-state index contributed by atoms with van der Waals surface area (Å²) in [5.41, 5.74) is 6.39. The minimum Gasteiger partial charge on any atom is -0.481 e. The predicted octanol–water partition coefficient (Wildman–Crippen LogP) is 2.09. The molecule has 7 heteroatoms. The standard InChI is InChI=1S/C14H13N3O3S/c15-13-17-10(7-21-13)11(18)16-9-3-1-8(2-4-9)14(5-6-14)12(19)20/h1-4,7H,5-6H2,(H2,15,17)(H,16,18)(H,19,20). The fraction of sp³-hybridized carbons (Fsp3) is 0.214. The van der Waals surface area contributed by atoms with Crippen molar-refractivity contribution in [1.82, 2.24) is 4.98 Å². The molecule has 1 amide bonds. The van der Waals surface area contributed by atoms with Crippen LogP contribution >= 0.6 is 11.3 Å². The van der Waals surface area contributed by atoms with Gasteiger partial charge < -0.3 is 16.2 Å². The number of carboxylic acid groups (broad SMARTS) is 1. The molecule has 0 saturated heterocycles. The lowest BCUT2D eigenvalue weighted by Crippen LogP contribution is -2.19. The highest BCUT2D eigenvalue weighted by atomic mass is 32.1. The number of benzene rings is 1. The van der Waals surface area contributed by atoms with Gasteiger partial charge in [-0.2, -0.15) is 0 Å². The van der Waals surface area contributed by atoms with Crippen molar-refractivity contribution in [2.45, 2.75) is 18.3 Å². The summed E-state index contributed by atoms with van der Waals surface area (Å²) in [6.45, 7) is 0. The Morgan fingerprint density at radius 3 is 2.43 bits per heavy atom. The Morgan fingerprint density at radius 2 is 1.95 bits per heavy atom. The fourth-order valence-electron chi connectivity index (χ4n) is 2.21. The van der Waals surface area contributed by atoms with Gasteiger partial charge in [0, 0.05) is 11.1 Å². The lowest BCUT2D eigenvalue weighted by Gasteiger charge is -2.11. The van der Waals surface area contributed by atoms with Gasteiger partial charge in [-0.3, -0.25) is 9.59 Å². The quantitative estimate of drug-likeness (QED) is 0.802. The van der Waals surface area contributed by atoms with Crippen molar-refractivity contribution < 1.29 is 14.7 Å². The van der Waals surface area contributed by atoms with Crippen LogP contribution in [0.2, 0.25) is 0 Å². The summed E-state index contributed by atoms with van der Waals surface area (Å²) in [4.78, 5) is 27.1. The summed E-state index contributed by atoms with van der Waals surface area (Å²) in [5.74, 6) is -1.13. The van der Waals surface area contributed by atoms with Crippen LogP contribution in [0.1, 0.15) is 28.9 Å². The summed E-state index contributed by atoms with van der Waals surface area (Å²) in [7, 11) is 0. The first-order chi connectivity index (χ1) is 10.0. The summed E-state index contributed by atoms with van der Waals surface area (Å²) >= 11 is 1.20. The number of carboxylic acids is 1. The van der Waals surface area contributed by atoms with Gasteiger partial charge in [0.25, 0.3) is 5.91 Å². The van der Waals surface area contributed by atoms with Gasteiger partial charge in [-0.1, -0.05) is 12.1 Å². The highest BCUT2D eigenvalue weighted by Gasteiger charge is 2.51. The molecule has 1 aromatic carbocycles. The number of nitrogens with zero attached hydrogens (tertiary/aromatic N) is 1. The normalized spacial score (nSPS) is 15.4. The van der Waals surface area contributed by atoms with E-state index < -0.39 is 11.4 Å². The van der Waals surface area contributed by atoms with Crippen molar-refractivity contribution in [3.8, 4) is 0 Å². The van der Waals surface area contributed by atoms with Crippen LogP contribution < -0.4 is 11.1 Å². The Kier molecular flexibility index (Phi) is 3.13. The number of hydrogen-bond acceptors (Lipinski definition) is 5. The molecule has 21 heavy (non-hydrogen) atoms. The van der Waals surface area contributed by atoms with Gasteiger partial charge in [-0.25, -0.2) is 4.98 Å². The van der Waals surface area contributed by atoms with Crippen LogP contribution in [-0.2, 0) is 10.2 Å². The Balaban J connectivity index is 1.73. The molecule has 108 valence electrons. The maximum absolute atomic E-state index is 11.9. The second-order valence-electron chi connectivity index (χ2n) is 4.99. The molecule has 1 aliphatic carbocycles. The minimum atomic E-state index is -0.794. The third kappa shape index (κ3) is 2.47. The number of carbonyl (C=O) groups excluding carboxylic acids is 1. The maximum Gasteiger partial charge on any atom is 0.314 e. The number of nitrogens with one attached hydrogen (secondary N) is 1. The van der Waals surface area contributed by atoms with E-state index in [0.717, 1.165) is 5.56 Å². The molecule has 6 nitrogen and oxygen atoms in total. The van der Waals surface area contributed by atoms with Crippen molar-refractivity contribution in [2.75, 3.05) is 11.1 Å². The molecule has 0 aliphatic heterocycles. The molecule has 0 atom stereocenters. The highest BCUT2D eigenvalue weighted by Crippen LogP contribution is 2.48. The Hall–Kier alpha value is -2.41. The van der Waals surface area contributed by atoms with Crippen molar-refractivity contribution >= 4 is 34.0 Å². The van der Waals surface area contributed by atoms with E-state index in [-0.39, 0.29) is 11.6 Å². The van der Waals surface area contributed by atoms with E-state index in [1.807, 2.05) is 0 Å². The third-order valence-electron chi connectivity index (χ3n) is 3.61. The average molecular weight is 303 g/mol. The first kappa shape index (κ1) is 13.6.